The van der Waals surface area contributed by atoms with Crippen LogP contribution < -0.4 is 10.7 Å². The molecule has 3 rings (SSSR count). The number of fused-ring (bicyclic) bond motifs is 1. The number of amides is 1. The number of aryl methyl sites for hydroxylation is 1. The molecule has 0 aliphatic carbocycles. The maximum Gasteiger partial charge on any atom is 0.222 e. The lowest BCUT2D eigenvalue weighted by Gasteiger charge is -2.27. The summed E-state index contributed by atoms with van der Waals surface area (Å²) in [6, 6.07) is 13.3. The molecule has 6 heteroatoms. The Labute approximate surface area is 169 Å². The number of hydrogen-bond acceptors (Lipinski definition) is 3. The van der Waals surface area contributed by atoms with E-state index >= 15 is 0 Å². The van der Waals surface area contributed by atoms with Crippen LogP contribution in [0.15, 0.2) is 59.5 Å². The van der Waals surface area contributed by atoms with Gasteiger partial charge in [-0.05, 0) is 41.7 Å². The lowest BCUT2D eigenvalue weighted by molar-refractivity contribution is -0.122. The van der Waals surface area contributed by atoms with Gasteiger partial charge in [-0.25, -0.2) is 4.39 Å². The molecular weight excluding hydrogens is 369 g/mol. The summed E-state index contributed by atoms with van der Waals surface area (Å²) in [5.74, 6) is -0.418. The second-order valence-electron chi connectivity index (χ2n) is 8.44. The molecule has 2 aromatic carbocycles. The van der Waals surface area contributed by atoms with E-state index in [1.54, 1.807) is 28.9 Å². The lowest BCUT2D eigenvalue weighted by atomic mass is 9.85. The average Bonchev–Trinajstić information content (AvgIpc) is 2.67. The van der Waals surface area contributed by atoms with Gasteiger partial charge in [0.25, 0.3) is 0 Å². The second kappa shape index (κ2) is 8.55. The van der Waals surface area contributed by atoms with Crippen LogP contribution in [-0.2, 0) is 11.3 Å². The quantitative estimate of drug-likeness (QED) is 0.680. The van der Waals surface area contributed by atoms with Crippen molar-refractivity contribution >= 4 is 16.8 Å². The van der Waals surface area contributed by atoms with E-state index in [1.807, 2.05) is 12.1 Å². The van der Waals surface area contributed by atoms with Gasteiger partial charge in [-0.2, -0.15) is 5.10 Å². The molecule has 0 bridgehead atoms. The zero-order valence-electron chi connectivity index (χ0n) is 17.0. The Morgan fingerprint density at radius 3 is 2.52 bits per heavy atom. The van der Waals surface area contributed by atoms with Gasteiger partial charge in [-0.3, -0.25) is 14.3 Å². The number of para-hydroxylation sites is 1. The first kappa shape index (κ1) is 20.7. The molecule has 1 N–H and O–H groups in total. The first-order chi connectivity index (χ1) is 13.7. The topological polar surface area (TPSA) is 64.0 Å². The summed E-state index contributed by atoms with van der Waals surface area (Å²) in [6.45, 7) is 6.67. The van der Waals surface area contributed by atoms with Crippen LogP contribution in [0.25, 0.3) is 10.9 Å². The zero-order chi connectivity index (χ0) is 21.0. The molecule has 0 saturated carbocycles. The van der Waals surface area contributed by atoms with Gasteiger partial charge in [0.2, 0.25) is 11.3 Å². The van der Waals surface area contributed by atoms with Gasteiger partial charge in [0.1, 0.15) is 5.82 Å². The molecule has 0 fully saturated rings. The number of nitrogens with one attached hydrogen (secondary N) is 1. The van der Waals surface area contributed by atoms with Crippen LogP contribution in [0.3, 0.4) is 0 Å². The molecule has 1 heterocycles. The molecule has 1 atom stereocenters. The van der Waals surface area contributed by atoms with Crippen LogP contribution in [0.1, 0.15) is 45.2 Å². The van der Waals surface area contributed by atoms with Gasteiger partial charge in [0.15, 0.2) is 0 Å². The number of hydrogen-bond donors (Lipinski definition) is 1. The summed E-state index contributed by atoms with van der Waals surface area (Å²) in [7, 11) is 0. The smallest absolute Gasteiger partial charge is 0.222 e. The normalized spacial score (nSPS) is 12.7. The van der Waals surface area contributed by atoms with Crippen LogP contribution in [0.4, 0.5) is 4.39 Å². The number of benzene rings is 2. The molecule has 0 spiro atoms. The fourth-order valence-electron chi connectivity index (χ4n) is 3.37. The van der Waals surface area contributed by atoms with E-state index in [0.29, 0.717) is 17.4 Å². The van der Waals surface area contributed by atoms with Crippen molar-refractivity contribution in [2.45, 2.75) is 46.2 Å². The van der Waals surface area contributed by atoms with Crippen LogP contribution in [0.2, 0.25) is 0 Å². The van der Waals surface area contributed by atoms with E-state index in [1.165, 1.54) is 18.3 Å². The molecule has 1 unspecified atom stereocenters. The summed E-state index contributed by atoms with van der Waals surface area (Å²) < 4.78 is 15.0. The van der Waals surface area contributed by atoms with Crippen LogP contribution in [-0.4, -0.2) is 15.7 Å². The number of aromatic nitrogens is 2. The maximum absolute atomic E-state index is 13.3. The van der Waals surface area contributed by atoms with Crippen molar-refractivity contribution in [3.8, 4) is 0 Å². The third-order valence-electron chi connectivity index (χ3n) is 4.74. The predicted octanol–water partition coefficient (Wildman–Crippen LogP) is 4.22. The summed E-state index contributed by atoms with van der Waals surface area (Å²) >= 11 is 0. The third-order valence-corrected chi connectivity index (χ3v) is 4.74. The fraction of sp³-hybridized carbons (Fsp3) is 0.348. The Morgan fingerprint density at radius 2 is 1.83 bits per heavy atom. The minimum Gasteiger partial charge on any atom is -0.349 e. The van der Waals surface area contributed by atoms with Crippen LogP contribution >= 0.6 is 0 Å². The SMILES string of the molecule is CC(C)(C)CC(NC(=O)CCn1ncc(=O)c2ccccc21)c1ccc(F)cc1. The van der Waals surface area contributed by atoms with Crippen molar-refractivity contribution in [3.05, 3.63) is 76.3 Å². The Morgan fingerprint density at radius 1 is 1.14 bits per heavy atom. The monoisotopic (exact) mass is 395 g/mol. The molecule has 0 aliphatic rings. The Kier molecular flexibility index (Phi) is 6.11. The molecule has 152 valence electrons. The van der Waals surface area contributed by atoms with E-state index in [9.17, 15) is 14.0 Å². The van der Waals surface area contributed by atoms with E-state index in [-0.39, 0.29) is 35.0 Å². The minimum absolute atomic E-state index is 0.0111. The Hall–Kier alpha value is -3.02. The van der Waals surface area contributed by atoms with Gasteiger partial charge in [-0.15, -0.1) is 0 Å². The molecule has 1 aromatic heterocycles. The summed E-state index contributed by atoms with van der Waals surface area (Å²) in [4.78, 5) is 24.6. The molecule has 29 heavy (non-hydrogen) atoms. The summed E-state index contributed by atoms with van der Waals surface area (Å²) in [6.07, 6.45) is 2.23. The number of rotatable bonds is 6. The summed E-state index contributed by atoms with van der Waals surface area (Å²) in [5.41, 5.74) is 1.44. The third kappa shape index (κ3) is 5.50. The standard InChI is InChI=1S/C23H26FN3O2/c1-23(2,3)14-19(16-8-10-17(24)11-9-16)26-22(29)12-13-27-20-7-5-4-6-18(20)21(28)15-25-27/h4-11,15,19H,12-14H2,1-3H3,(H,26,29). The molecule has 0 radical (unpaired) electrons. The highest BCUT2D eigenvalue weighted by Crippen LogP contribution is 2.29. The molecule has 0 aliphatic heterocycles. The molecular formula is C23H26FN3O2. The predicted molar refractivity (Wildman–Crippen MR) is 112 cm³/mol. The highest BCUT2D eigenvalue weighted by molar-refractivity contribution is 5.79. The highest BCUT2D eigenvalue weighted by Gasteiger charge is 2.22. The van der Waals surface area contributed by atoms with E-state index in [2.05, 4.69) is 31.2 Å². The average molecular weight is 395 g/mol. The highest BCUT2D eigenvalue weighted by atomic mass is 19.1. The van der Waals surface area contributed by atoms with Crippen molar-refractivity contribution < 1.29 is 9.18 Å². The largest absolute Gasteiger partial charge is 0.349 e. The van der Waals surface area contributed by atoms with Gasteiger partial charge >= 0.3 is 0 Å². The van der Waals surface area contributed by atoms with Gasteiger partial charge in [-0.1, -0.05) is 45.0 Å². The van der Waals surface area contributed by atoms with E-state index < -0.39 is 0 Å². The van der Waals surface area contributed by atoms with Crippen molar-refractivity contribution in [2.75, 3.05) is 0 Å². The number of nitrogens with zero attached hydrogens (tertiary/aromatic N) is 2. The zero-order valence-corrected chi connectivity index (χ0v) is 17.0. The summed E-state index contributed by atoms with van der Waals surface area (Å²) in [5, 5.41) is 7.83. The van der Waals surface area contributed by atoms with Crippen LogP contribution in [0, 0.1) is 11.2 Å². The molecule has 3 aromatic rings. The van der Waals surface area contributed by atoms with Crippen molar-refractivity contribution in [2.24, 2.45) is 5.41 Å². The van der Waals surface area contributed by atoms with Crippen molar-refractivity contribution in [3.63, 3.8) is 0 Å². The number of halogens is 1. The van der Waals surface area contributed by atoms with Gasteiger partial charge < -0.3 is 5.32 Å². The molecule has 5 nitrogen and oxygen atoms in total. The Bertz CT molecular complexity index is 1050. The van der Waals surface area contributed by atoms with Gasteiger partial charge in [0.05, 0.1) is 24.3 Å². The minimum atomic E-state index is -0.300. The first-order valence-electron chi connectivity index (χ1n) is 9.73. The Balaban J connectivity index is 1.73. The maximum atomic E-state index is 13.3. The van der Waals surface area contributed by atoms with E-state index in [0.717, 1.165) is 12.0 Å². The lowest BCUT2D eigenvalue weighted by Crippen LogP contribution is -2.32. The fourth-order valence-corrected chi connectivity index (χ4v) is 3.37. The first-order valence-corrected chi connectivity index (χ1v) is 9.73. The van der Waals surface area contributed by atoms with Gasteiger partial charge in [0, 0.05) is 11.8 Å². The molecule has 1 amide bonds. The van der Waals surface area contributed by atoms with Crippen molar-refractivity contribution in [1.29, 1.82) is 0 Å². The number of carbonyl (C=O) groups is 1. The van der Waals surface area contributed by atoms with Crippen LogP contribution in [0.5, 0.6) is 0 Å². The number of carbonyl (C=O) groups excluding carboxylic acids is 1. The second-order valence-corrected chi connectivity index (χ2v) is 8.44. The molecule has 0 saturated heterocycles. The van der Waals surface area contributed by atoms with E-state index in [4.69, 9.17) is 0 Å². The van der Waals surface area contributed by atoms with Crippen molar-refractivity contribution in [1.82, 2.24) is 15.1 Å².